The van der Waals surface area contributed by atoms with Crippen LogP contribution in [0.3, 0.4) is 0 Å². The van der Waals surface area contributed by atoms with Crippen molar-refractivity contribution < 1.29 is 0 Å². The van der Waals surface area contributed by atoms with Crippen LogP contribution in [0.1, 0.15) is 22.9 Å². The maximum Gasteiger partial charge on any atom is 0.145 e. The number of hydrogen-bond acceptors (Lipinski definition) is 2. The number of nitrogens with zero attached hydrogens (tertiary/aromatic N) is 1. The van der Waals surface area contributed by atoms with Gasteiger partial charge < -0.3 is 5.32 Å². The van der Waals surface area contributed by atoms with E-state index in [-0.39, 0.29) is 6.17 Å². The first kappa shape index (κ1) is 33.8. The van der Waals surface area contributed by atoms with Gasteiger partial charge in [-0.1, -0.05) is 200 Å². The molecule has 2 heteroatoms. The smallest absolute Gasteiger partial charge is 0.145 e. The highest BCUT2D eigenvalue weighted by atomic mass is 15.1. The molecule has 1 aliphatic heterocycles. The molecule has 11 rings (SSSR count). The van der Waals surface area contributed by atoms with Crippen molar-refractivity contribution >= 4 is 54.5 Å². The third kappa shape index (κ3) is 5.86. The van der Waals surface area contributed by atoms with Gasteiger partial charge in [0.05, 0.1) is 5.71 Å². The van der Waals surface area contributed by atoms with Crippen LogP contribution in [0.4, 0.5) is 0 Å². The minimum atomic E-state index is -0.291. The number of nitrogens with one attached hydrogen (secondary N) is 1. The van der Waals surface area contributed by atoms with Gasteiger partial charge in [0, 0.05) is 5.70 Å². The molecule has 10 aromatic rings. The van der Waals surface area contributed by atoms with Crippen molar-refractivity contribution in [2.24, 2.45) is 4.99 Å². The van der Waals surface area contributed by atoms with Crippen LogP contribution in [-0.4, -0.2) is 5.71 Å². The van der Waals surface area contributed by atoms with E-state index in [2.05, 4.69) is 224 Å². The van der Waals surface area contributed by atoms with Crippen molar-refractivity contribution in [3.63, 3.8) is 0 Å². The quantitative estimate of drug-likeness (QED) is 0.133. The van der Waals surface area contributed by atoms with Gasteiger partial charge in [0.1, 0.15) is 6.17 Å². The topological polar surface area (TPSA) is 24.4 Å². The minimum absolute atomic E-state index is 0.291. The van der Waals surface area contributed by atoms with Crippen LogP contribution in [0, 0.1) is 0 Å². The van der Waals surface area contributed by atoms with Crippen molar-refractivity contribution in [3.05, 3.63) is 235 Å². The minimum Gasteiger partial charge on any atom is -0.360 e. The van der Waals surface area contributed by atoms with Crippen LogP contribution in [0.25, 0.3) is 82.2 Å². The Kier molecular flexibility index (Phi) is 8.26. The van der Waals surface area contributed by atoms with Crippen LogP contribution < -0.4 is 5.32 Å². The van der Waals surface area contributed by atoms with Crippen molar-refractivity contribution in [1.29, 1.82) is 0 Å². The summed E-state index contributed by atoms with van der Waals surface area (Å²) in [6, 6.07) is 76.7. The van der Waals surface area contributed by atoms with Gasteiger partial charge in [-0.05, 0) is 111 Å². The molecule has 10 aromatic carbocycles. The SMILES string of the molecule is C1=C(c2ccccc2)NC(c2cccc(-c3c4ccccc4c(-c4ccccc4)c4ccccc34)c2)N=C1c1ccc(-c2cc3ccccc3c3ccccc23)cc1. The fraction of sp³-hybridized carbons (Fsp3) is 0.0179. The fourth-order valence-electron chi connectivity index (χ4n) is 8.97. The molecule has 0 aromatic heterocycles. The summed E-state index contributed by atoms with van der Waals surface area (Å²) in [6.45, 7) is 0. The lowest BCUT2D eigenvalue weighted by atomic mass is 9.85. The molecule has 0 aliphatic carbocycles. The van der Waals surface area contributed by atoms with Crippen molar-refractivity contribution in [2.45, 2.75) is 6.17 Å². The summed E-state index contributed by atoms with van der Waals surface area (Å²) < 4.78 is 0. The van der Waals surface area contributed by atoms with E-state index in [0.29, 0.717) is 0 Å². The molecule has 0 amide bonds. The van der Waals surface area contributed by atoms with Gasteiger partial charge in [0.25, 0.3) is 0 Å². The molecule has 1 atom stereocenters. The van der Waals surface area contributed by atoms with Gasteiger partial charge in [-0.15, -0.1) is 0 Å². The van der Waals surface area contributed by atoms with Crippen LogP contribution >= 0.6 is 0 Å². The molecule has 1 heterocycles. The average molecular weight is 739 g/mol. The molecular weight excluding hydrogens is 701 g/mol. The number of hydrogen-bond donors (Lipinski definition) is 1. The van der Waals surface area contributed by atoms with E-state index in [4.69, 9.17) is 4.99 Å². The van der Waals surface area contributed by atoms with Crippen LogP contribution in [0.5, 0.6) is 0 Å². The summed E-state index contributed by atoms with van der Waals surface area (Å²) >= 11 is 0. The Morgan fingerprint density at radius 1 is 0.345 bits per heavy atom. The molecule has 0 radical (unpaired) electrons. The second-order valence-electron chi connectivity index (χ2n) is 15.1. The summed E-state index contributed by atoms with van der Waals surface area (Å²) in [6.07, 6.45) is 1.90. The highest BCUT2D eigenvalue weighted by Gasteiger charge is 2.22. The molecule has 58 heavy (non-hydrogen) atoms. The molecular formula is C56H38N2. The zero-order valence-electron chi connectivity index (χ0n) is 31.8. The van der Waals surface area contributed by atoms with E-state index in [0.717, 1.165) is 28.1 Å². The lowest BCUT2D eigenvalue weighted by Crippen LogP contribution is -2.24. The molecule has 1 unspecified atom stereocenters. The fourth-order valence-corrected chi connectivity index (χ4v) is 8.97. The lowest BCUT2D eigenvalue weighted by molar-refractivity contribution is 0.664. The van der Waals surface area contributed by atoms with E-state index < -0.39 is 0 Å². The Hall–Kier alpha value is -7.55. The van der Waals surface area contributed by atoms with Crippen molar-refractivity contribution in [3.8, 4) is 33.4 Å². The maximum atomic E-state index is 5.43. The van der Waals surface area contributed by atoms with Crippen LogP contribution in [0.15, 0.2) is 223 Å². The average Bonchev–Trinajstić information content (AvgIpc) is 3.31. The third-order valence-electron chi connectivity index (χ3n) is 11.7. The van der Waals surface area contributed by atoms with Gasteiger partial charge in [-0.25, -0.2) is 0 Å². The molecule has 1 aliphatic rings. The summed E-state index contributed by atoms with van der Waals surface area (Å²) in [4.78, 5) is 5.43. The first-order valence-corrected chi connectivity index (χ1v) is 20.0. The summed E-state index contributed by atoms with van der Waals surface area (Å²) in [5.74, 6) is 0. The number of benzene rings is 10. The van der Waals surface area contributed by atoms with E-state index in [1.165, 1.54) is 76.5 Å². The Labute approximate surface area is 338 Å². The van der Waals surface area contributed by atoms with Crippen molar-refractivity contribution in [1.82, 2.24) is 5.32 Å². The zero-order valence-corrected chi connectivity index (χ0v) is 31.8. The highest BCUT2D eigenvalue weighted by molar-refractivity contribution is 6.21. The number of fused-ring (bicyclic) bond motifs is 5. The molecule has 1 N–H and O–H groups in total. The Morgan fingerprint density at radius 2 is 0.845 bits per heavy atom. The summed E-state index contributed by atoms with van der Waals surface area (Å²) in [7, 11) is 0. The van der Waals surface area contributed by atoms with E-state index in [9.17, 15) is 0 Å². The van der Waals surface area contributed by atoms with E-state index >= 15 is 0 Å². The standard InChI is InChI=1S/C56H38N2/c1-3-16-38(17-4-1)52-36-53(39-32-30-37(31-33-39)51-35-41-20-7-8-23-44(41)45-24-9-10-25-46(45)51)58-56(57-52)43-22-15-21-42(34-43)55-49-28-13-11-26-47(49)54(40-18-5-2-6-19-40)48-27-12-14-29-50(48)55/h1-36,56-57H. The Balaban J connectivity index is 1.03. The zero-order chi connectivity index (χ0) is 38.4. The molecule has 2 nitrogen and oxygen atoms in total. The molecule has 0 spiro atoms. The van der Waals surface area contributed by atoms with Crippen LogP contribution in [0.2, 0.25) is 0 Å². The Bertz CT molecular complexity index is 3170. The number of aliphatic imine (C=N–C) groups is 1. The van der Waals surface area contributed by atoms with Gasteiger partial charge in [-0.2, -0.15) is 0 Å². The highest BCUT2D eigenvalue weighted by Crippen LogP contribution is 2.44. The first-order chi connectivity index (χ1) is 28.8. The number of rotatable bonds is 6. The predicted octanol–water partition coefficient (Wildman–Crippen LogP) is 14.4. The van der Waals surface area contributed by atoms with Crippen molar-refractivity contribution in [2.75, 3.05) is 0 Å². The lowest BCUT2D eigenvalue weighted by Gasteiger charge is -2.25. The number of allylic oxidation sites excluding steroid dienone is 1. The summed E-state index contributed by atoms with van der Waals surface area (Å²) in [5.41, 5.74) is 12.6. The van der Waals surface area contributed by atoms with E-state index in [1.54, 1.807) is 0 Å². The largest absolute Gasteiger partial charge is 0.360 e. The molecule has 0 bridgehead atoms. The van der Waals surface area contributed by atoms with Gasteiger partial charge in [0.15, 0.2) is 0 Å². The van der Waals surface area contributed by atoms with Crippen LogP contribution in [-0.2, 0) is 0 Å². The van der Waals surface area contributed by atoms with E-state index in [1.807, 2.05) is 0 Å². The normalized spacial score (nSPS) is 14.0. The monoisotopic (exact) mass is 738 g/mol. The van der Waals surface area contributed by atoms with Gasteiger partial charge in [0.2, 0.25) is 0 Å². The van der Waals surface area contributed by atoms with Gasteiger partial charge in [-0.3, -0.25) is 4.99 Å². The Morgan fingerprint density at radius 3 is 1.50 bits per heavy atom. The second kappa shape index (κ2) is 14.2. The van der Waals surface area contributed by atoms with Gasteiger partial charge >= 0.3 is 0 Å². The maximum absolute atomic E-state index is 5.43. The molecule has 272 valence electrons. The first-order valence-electron chi connectivity index (χ1n) is 20.0. The summed E-state index contributed by atoms with van der Waals surface area (Å²) in [5, 5.41) is 13.8. The molecule has 0 fully saturated rings. The predicted molar refractivity (Wildman–Crippen MR) is 246 cm³/mol. The second-order valence-corrected chi connectivity index (χ2v) is 15.1. The third-order valence-corrected chi connectivity index (χ3v) is 11.7. The molecule has 0 saturated heterocycles. The molecule has 0 saturated carbocycles.